The van der Waals surface area contributed by atoms with Crippen molar-refractivity contribution in [3.63, 3.8) is 0 Å². The van der Waals surface area contributed by atoms with Gasteiger partial charge in [0.05, 0.1) is 36.9 Å². The van der Waals surface area contributed by atoms with Crippen LogP contribution in [0.2, 0.25) is 5.15 Å². The van der Waals surface area contributed by atoms with E-state index in [0.717, 1.165) is 27.9 Å². The summed E-state index contributed by atoms with van der Waals surface area (Å²) < 4.78 is 8.50. The van der Waals surface area contributed by atoms with E-state index in [9.17, 15) is 4.79 Å². The lowest BCUT2D eigenvalue weighted by molar-refractivity contribution is 0.406. The summed E-state index contributed by atoms with van der Waals surface area (Å²) in [7, 11) is 1.61. The van der Waals surface area contributed by atoms with Crippen molar-refractivity contribution in [1.29, 1.82) is 0 Å². The molecule has 0 saturated carbocycles. The van der Waals surface area contributed by atoms with E-state index in [2.05, 4.69) is 24.9 Å². The van der Waals surface area contributed by atoms with E-state index >= 15 is 0 Å². The van der Waals surface area contributed by atoms with Gasteiger partial charge in [-0.25, -0.2) is 9.78 Å². The van der Waals surface area contributed by atoms with Gasteiger partial charge in [-0.1, -0.05) is 23.7 Å². The van der Waals surface area contributed by atoms with Crippen LogP contribution in [0.1, 0.15) is 22.6 Å². The summed E-state index contributed by atoms with van der Waals surface area (Å²) >= 11 is 6.43. The highest BCUT2D eigenvalue weighted by Crippen LogP contribution is 2.26. The highest BCUT2D eigenvalue weighted by atomic mass is 35.5. The Morgan fingerprint density at radius 3 is 2.67 bits per heavy atom. The number of methoxy groups -OCH3 is 1. The minimum absolute atomic E-state index is 0.0201. The fourth-order valence-corrected chi connectivity index (χ4v) is 4.36. The molecule has 11 heteroatoms. The number of hydrogen-bond donors (Lipinski definition) is 2. The number of para-hydroxylation sites is 2. The van der Waals surface area contributed by atoms with Crippen LogP contribution in [-0.4, -0.2) is 41.2 Å². The van der Waals surface area contributed by atoms with E-state index in [1.807, 2.05) is 38.1 Å². The van der Waals surface area contributed by atoms with Gasteiger partial charge < -0.3 is 15.5 Å². The molecule has 0 spiro atoms. The quantitative estimate of drug-likeness (QED) is 0.382. The number of nitrogens with two attached hydrogens (primary N) is 1. The lowest BCUT2D eigenvalue weighted by Gasteiger charge is -2.12. The van der Waals surface area contributed by atoms with E-state index in [0.29, 0.717) is 22.7 Å². The predicted octanol–water partition coefficient (Wildman–Crippen LogP) is 2.82. The van der Waals surface area contributed by atoms with Crippen molar-refractivity contribution in [2.24, 2.45) is 0 Å². The lowest BCUT2D eigenvalue weighted by atomic mass is 10.1. The van der Waals surface area contributed by atoms with Gasteiger partial charge in [-0.05, 0) is 26.0 Å². The number of ether oxygens (including phenoxy) is 1. The number of H-pyrrole nitrogens is 1. The number of imidazole rings is 2. The van der Waals surface area contributed by atoms with E-state index in [1.165, 1.54) is 9.13 Å². The number of fused-ring (bicyclic) bond motifs is 2. The topological polar surface area (TPSA) is 130 Å². The highest BCUT2D eigenvalue weighted by Gasteiger charge is 2.22. The first-order valence-electron chi connectivity index (χ1n) is 10.2. The van der Waals surface area contributed by atoms with Gasteiger partial charge in [0.2, 0.25) is 5.95 Å². The summed E-state index contributed by atoms with van der Waals surface area (Å²) in [6.45, 7) is 4.15. The second kappa shape index (κ2) is 7.89. The molecule has 0 unspecified atom stereocenters. The number of halogens is 1. The van der Waals surface area contributed by atoms with E-state index < -0.39 is 0 Å². The summed E-state index contributed by atoms with van der Waals surface area (Å²) in [5.41, 5.74) is 10.4. The molecular formula is C22H21ClN8O2. The highest BCUT2D eigenvalue weighted by molar-refractivity contribution is 6.33. The summed E-state index contributed by atoms with van der Waals surface area (Å²) in [6.07, 6.45) is 1.72. The van der Waals surface area contributed by atoms with Gasteiger partial charge in [-0.2, -0.15) is 9.97 Å². The van der Waals surface area contributed by atoms with Crippen LogP contribution in [0, 0.1) is 13.8 Å². The molecule has 4 aromatic heterocycles. The molecule has 5 aromatic rings. The van der Waals surface area contributed by atoms with Crippen molar-refractivity contribution < 1.29 is 4.74 Å². The first-order chi connectivity index (χ1) is 15.9. The van der Waals surface area contributed by atoms with Crippen molar-refractivity contribution in [1.82, 2.24) is 34.1 Å². The molecule has 1 aromatic carbocycles. The van der Waals surface area contributed by atoms with Crippen molar-refractivity contribution in [3.05, 3.63) is 68.7 Å². The van der Waals surface area contributed by atoms with E-state index in [4.69, 9.17) is 22.1 Å². The van der Waals surface area contributed by atoms with Gasteiger partial charge in [-0.3, -0.25) is 14.1 Å². The van der Waals surface area contributed by atoms with Crippen LogP contribution in [0.3, 0.4) is 0 Å². The standard InChI is InChI=1S/C22H21ClN8O2/c1-11-8-25-15(12(2)18(11)33-3)9-31-20-17(19(23)28-21(24)29-20)30(22(31)32)10-16-26-13-6-4-5-7-14(13)27-16/h4-8H,9-10H2,1-3H3,(H,26,27)(H2,24,28,29). The molecule has 33 heavy (non-hydrogen) atoms. The second-order valence-electron chi connectivity index (χ2n) is 7.75. The number of anilines is 1. The lowest BCUT2D eigenvalue weighted by Crippen LogP contribution is -2.26. The Hall–Kier alpha value is -3.92. The van der Waals surface area contributed by atoms with Crippen LogP contribution >= 0.6 is 11.6 Å². The maximum absolute atomic E-state index is 13.6. The number of nitrogen functional groups attached to an aromatic ring is 1. The summed E-state index contributed by atoms with van der Waals surface area (Å²) in [5.74, 6) is 1.32. The normalized spacial score (nSPS) is 11.5. The number of pyridine rings is 1. The molecule has 4 heterocycles. The Kier molecular flexibility index (Phi) is 5.01. The average Bonchev–Trinajstić information content (AvgIpc) is 3.30. The Balaban J connectivity index is 1.67. The second-order valence-corrected chi connectivity index (χ2v) is 8.10. The first-order valence-corrected chi connectivity index (χ1v) is 10.6. The van der Waals surface area contributed by atoms with Gasteiger partial charge in [0, 0.05) is 17.3 Å². The van der Waals surface area contributed by atoms with Crippen molar-refractivity contribution in [2.45, 2.75) is 26.9 Å². The SMILES string of the molecule is COc1c(C)cnc(Cn2c(=O)n(Cc3nc4ccccc4[nH]3)c3c(Cl)nc(N)nc32)c1C. The summed E-state index contributed by atoms with van der Waals surface area (Å²) in [6, 6.07) is 7.65. The molecule has 0 bridgehead atoms. The van der Waals surface area contributed by atoms with Crippen LogP contribution in [-0.2, 0) is 13.1 Å². The number of aromatic nitrogens is 7. The zero-order valence-electron chi connectivity index (χ0n) is 18.3. The van der Waals surface area contributed by atoms with Crippen LogP contribution in [0.25, 0.3) is 22.2 Å². The third-order valence-corrected chi connectivity index (χ3v) is 5.90. The zero-order chi connectivity index (χ0) is 23.3. The molecule has 0 aliphatic rings. The molecular weight excluding hydrogens is 444 g/mol. The van der Waals surface area contributed by atoms with Gasteiger partial charge >= 0.3 is 5.69 Å². The number of benzene rings is 1. The molecule has 0 radical (unpaired) electrons. The van der Waals surface area contributed by atoms with Crippen molar-refractivity contribution in [2.75, 3.05) is 12.8 Å². The van der Waals surface area contributed by atoms with Gasteiger partial charge in [0.25, 0.3) is 0 Å². The van der Waals surface area contributed by atoms with Crippen LogP contribution in [0.15, 0.2) is 35.3 Å². The Morgan fingerprint density at radius 1 is 1.12 bits per heavy atom. The van der Waals surface area contributed by atoms with E-state index in [-0.39, 0.29) is 29.9 Å². The maximum atomic E-state index is 13.6. The Bertz CT molecular complexity index is 1550. The number of aryl methyl sites for hydroxylation is 1. The molecule has 0 atom stereocenters. The number of rotatable bonds is 5. The number of aromatic amines is 1. The number of nitrogens with one attached hydrogen (secondary N) is 1. The fraction of sp³-hybridized carbons (Fsp3) is 0.227. The van der Waals surface area contributed by atoms with Gasteiger partial charge in [0.1, 0.15) is 17.1 Å². The molecule has 5 rings (SSSR count). The average molecular weight is 465 g/mol. The molecule has 0 amide bonds. The minimum Gasteiger partial charge on any atom is -0.496 e. The monoisotopic (exact) mass is 464 g/mol. The molecule has 0 fully saturated rings. The van der Waals surface area contributed by atoms with Crippen LogP contribution in [0.5, 0.6) is 5.75 Å². The first kappa shape index (κ1) is 21.0. The van der Waals surface area contributed by atoms with Crippen molar-refractivity contribution >= 4 is 39.7 Å². The summed E-state index contributed by atoms with van der Waals surface area (Å²) in [5, 5.41) is 0.0932. The fourth-order valence-electron chi connectivity index (χ4n) is 4.08. The molecule has 0 saturated heterocycles. The zero-order valence-corrected chi connectivity index (χ0v) is 19.0. The Labute approximate surface area is 193 Å². The third-order valence-electron chi connectivity index (χ3n) is 5.63. The predicted molar refractivity (Wildman–Crippen MR) is 126 cm³/mol. The molecule has 0 aliphatic heterocycles. The number of hydrogen-bond acceptors (Lipinski definition) is 7. The number of nitrogens with zero attached hydrogens (tertiary/aromatic N) is 6. The molecule has 10 nitrogen and oxygen atoms in total. The summed E-state index contributed by atoms with van der Waals surface area (Å²) in [4.78, 5) is 34.3. The van der Waals surface area contributed by atoms with Crippen molar-refractivity contribution in [3.8, 4) is 5.75 Å². The molecule has 3 N–H and O–H groups in total. The third kappa shape index (κ3) is 3.48. The molecule has 168 valence electrons. The van der Waals surface area contributed by atoms with Gasteiger partial charge in [0.15, 0.2) is 10.8 Å². The van der Waals surface area contributed by atoms with E-state index in [1.54, 1.807) is 13.3 Å². The van der Waals surface area contributed by atoms with Crippen LogP contribution in [0.4, 0.5) is 5.95 Å². The minimum atomic E-state index is -0.326. The Morgan fingerprint density at radius 2 is 1.91 bits per heavy atom. The maximum Gasteiger partial charge on any atom is 0.331 e. The largest absolute Gasteiger partial charge is 0.496 e. The van der Waals surface area contributed by atoms with Crippen LogP contribution < -0.4 is 16.2 Å². The molecule has 0 aliphatic carbocycles. The van der Waals surface area contributed by atoms with Gasteiger partial charge in [-0.15, -0.1) is 0 Å². The smallest absolute Gasteiger partial charge is 0.331 e.